The molecule has 2 aromatic carbocycles. The highest BCUT2D eigenvalue weighted by atomic mass is 16.2. The number of amides is 3. The fraction of sp³-hybridized carbons (Fsp3) is 0.167. The Hall–Kier alpha value is -2.95. The summed E-state index contributed by atoms with van der Waals surface area (Å²) in [6.07, 6.45) is 0.913. The molecule has 0 saturated carbocycles. The topological polar surface area (TPSA) is 66.5 Å². The molecule has 3 rings (SSSR count). The van der Waals surface area contributed by atoms with E-state index in [-0.39, 0.29) is 17.7 Å². The van der Waals surface area contributed by atoms with Crippen molar-refractivity contribution in [1.82, 2.24) is 4.90 Å². The Bertz CT molecular complexity index is 810. The number of imide groups is 1. The molecular formula is C18H16N2O3. The number of rotatable bonds is 3. The number of nitrogens with one attached hydrogen (secondary N) is 1. The van der Waals surface area contributed by atoms with Gasteiger partial charge in [-0.05, 0) is 42.3 Å². The van der Waals surface area contributed by atoms with Gasteiger partial charge in [-0.3, -0.25) is 19.3 Å². The maximum absolute atomic E-state index is 12.3. The molecule has 5 nitrogen and oxygen atoms in total. The van der Waals surface area contributed by atoms with Crippen LogP contribution in [0.25, 0.3) is 0 Å². The Kier molecular flexibility index (Phi) is 3.70. The van der Waals surface area contributed by atoms with Crippen LogP contribution < -0.4 is 5.32 Å². The Morgan fingerprint density at radius 3 is 2.30 bits per heavy atom. The SMILES string of the molecule is CCc1ccc(C(=O)Nc2ccc3c(c2)C(=O)N(C)C3=O)cc1. The van der Waals surface area contributed by atoms with Crippen LogP contribution in [-0.2, 0) is 6.42 Å². The minimum absolute atomic E-state index is 0.252. The van der Waals surface area contributed by atoms with Gasteiger partial charge in [-0.25, -0.2) is 0 Å². The molecule has 116 valence electrons. The van der Waals surface area contributed by atoms with Crippen LogP contribution in [0.1, 0.15) is 43.6 Å². The van der Waals surface area contributed by atoms with Gasteiger partial charge in [-0.1, -0.05) is 19.1 Å². The van der Waals surface area contributed by atoms with Gasteiger partial charge in [0.05, 0.1) is 11.1 Å². The van der Waals surface area contributed by atoms with E-state index in [1.54, 1.807) is 24.3 Å². The number of carbonyl (C=O) groups is 3. The smallest absolute Gasteiger partial charge is 0.261 e. The molecule has 3 amide bonds. The Morgan fingerprint density at radius 1 is 1.00 bits per heavy atom. The molecule has 0 unspecified atom stereocenters. The Morgan fingerprint density at radius 2 is 1.65 bits per heavy atom. The third-order valence-corrected chi connectivity index (χ3v) is 3.97. The monoisotopic (exact) mass is 308 g/mol. The van der Waals surface area contributed by atoms with Crippen molar-refractivity contribution in [2.45, 2.75) is 13.3 Å². The van der Waals surface area contributed by atoms with E-state index in [0.717, 1.165) is 16.9 Å². The van der Waals surface area contributed by atoms with Crippen LogP contribution in [0.3, 0.4) is 0 Å². The van der Waals surface area contributed by atoms with Crippen molar-refractivity contribution in [3.8, 4) is 0 Å². The second-order valence-electron chi connectivity index (χ2n) is 5.43. The molecular weight excluding hydrogens is 292 g/mol. The number of aryl methyl sites for hydroxylation is 1. The summed E-state index contributed by atoms with van der Waals surface area (Å²) in [6.45, 7) is 2.05. The summed E-state index contributed by atoms with van der Waals surface area (Å²) in [5, 5.41) is 2.75. The van der Waals surface area contributed by atoms with Crippen molar-refractivity contribution < 1.29 is 14.4 Å². The predicted molar refractivity (Wildman–Crippen MR) is 86.6 cm³/mol. The number of hydrogen-bond donors (Lipinski definition) is 1. The van der Waals surface area contributed by atoms with E-state index in [1.165, 1.54) is 13.1 Å². The van der Waals surface area contributed by atoms with Gasteiger partial charge in [-0.15, -0.1) is 0 Å². The highest BCUT2D eigenvalue weighted by Crippen LogP contribution is 2.25. The molecule has 1 aliphatic rings. The lowest BCUT2D eigenvalue weighted by Crippen LogP contribution is -2.24. The first-order chi connectivity index (χ1) is 11.0. The number of fused-ring (bicyclic) bond motifs is 1. The van der Waals surface area contributed by atoms with E-state index in [2.05, 4.69) is 12.2 Å². The molecule has 0 aliphatic carbocycles. The van der Waals surface area contributed by atoms with Crippen LogP contribution in [0.4, 0.5) is 5.69 Å². The normalized spacial score (nSPS) is 13.2. The lowest BCUT2D eigenvalue weighted by Gasteiger charge is -2.07. The van der Waals surface area contributed by atoms with Crippen LogP contribution >= 0.6 is 0 Å². The van der Waals surface area contributed by atoms with E-state index in [9.17, 15) is 14.4 Å². The lowest BCUT2D eigenvalue weighted by molar-refractivity contribution is 0.0692. The maximum Gasteiger partial charge on any atom is 0.261 e. The summed E-state index contributed by atoms with van der Waals surface area (Å²) < 4.78 is 0. The summed E-state index contributed by atoms with van der Waals surface area (Å²) in [7, 11) is 1.44. The molecule has 5 heteroatoms. The average molecular weight is 308 g/mol. The summed E-state index contributed by atoms with van der Waals surface area (Å²) >= 11 is 0. The summed E-state index contributed by atoms with van der Waals surface area (Å²) in [6, 6.07) is 12.1. The average Bonchev–Trinajstić information content (AvgIpc) is 2.79. The number of hydrogen-bond acceptors (Lipinski definition) is 3. The van der Waals surface area contributed by atoms with E-state index in [4.69, 9.17) is 0 Å². The van der Waals surface area contributed by atoms with Gasteiger partial charge >= 0.3 is 0 Å². The van der Waals surface area contributed by atoms with Gasteiger partial charge in [0.2, 0.25) is 0 Å². The van der Waals surface area contributed by atoms with E-state index in [0.29, 0.717) is 22.4 Å². The van der Waals surface area contributed by atoms with Crippen molar-refractivity contribution in [2.24, 2.45) is 0 Å². The Balaban J connectivity index is 1.82. The molecule has 0 aromatic heterocycles. The minimum Gasteiger partial charge on any atom is -0.322 e. The molecule has 2 aromatic rings. The van der Waals surface area contributed by atoms with Crippen molar-refractivity contribution in [1.29, 1.82) is 0 Å². The fourth-order valence-electron chi connectivity index (χ4n) is 2.53. The first kappa shape index (κ1) is 15.0. The summed E-state index contributed by atoms with van der Waals surface area (Å²) in [4.78, 5) is 37.1. The largest absolute Gasteiger partial charge is 0.322 e. The van der Waals surface area contributed by atoms with Crippen LogP contribution in [0.5, 0.6) is 0 Å². The molecule has 1 aliphatic heterocycles. The zero-order valence-corrected chi connectivity index (χ0v) is 12.9. The van der Waals surface area contributed by atoms with Crippen molar-refractivity contribution in [2.75, 3.05) is 12.4 Å². The lowest BCUT2D eigenvalue weighted by atomic mass is 10.1. The zero-order valence-electron chi connectivity index (χ0n) is 12.9. The first-order valence-corrected chi connectivity index (χ1v) is 7.38. The van der Waals surface area contributed by atoms with Crippen LogP contribution in [0.15, 0.2) is 42.5 Å². The van der Waals surface area contributed by atoms with Gasteiger partial charge in [0, 0.05) is 18.3 Å². The summed E-state index contributed by atoms with van der Waals surface area (Å²) in [5.74, 6) is -0.927. The predicted octanol–water partition coefficient (Wildman–Crippen LogP) is 2.73. The number of benzene rings is 2. The van der Waals surface area contributed by atoms with Gasteiger partial charge < -0.3 is 5.32 Å². The van der Waals surface area contributed by atoms with Gasteiger partial charge in [-0.2, -0.15) is 0 Å². The second-order valence-corrected chi connectivity index (χ2v) is 5.43. The number of anilines is 1. The molecule has 1 N–H and O–H groups in total. The molecule has 1 heterocycles. The molecule has 23 heavy (non-hydrogen) atoms. The highest BCUT2D eigenvalue weighted by Gasteiger charge is 2.32. The van der Waals surface area contributed by atoms with E-state index in [1.807, 2.05) is 12.1 Å². The molecule has 0 radical (unpaired) electrons. The van der Waals surface area contributed by atoms with E-state index >= 15 is 0 Å². The first-order valence-electron chi connectivity index (χ1n) is 7.38. The van der Waals surface area contributed by atoms with Crippen LogP contribution in [0.2, 0.25) is 0 Å². The van der Waals surface area contributed by atoms with Gasteiger partial charge in [0.1, 0.15) is 0 Å². The van der Waals surface area contributed by atoms with Crippen LogP contribution in [-0.4, -0.2) is 29.7 Å². The number of nitrogens with zero attached hydrogens (tertiary/aromatic N) is 1. The van der Waals surface area contributed by atoms with Gasteiger partial charge in [0.25, 0.3) is 17.7 Å². The van der Waals surface area contributed by atoms with Crippen molar-refractivity contribution in [3.63, 3.8) is 0 Å². The van der Waals surface area contributed by atoms with Crippen molar-refractivity contribution in [3.05, 3.63) is 64.7 Å². The third kappa shape index (κ3) is 2.61. The quantitative estimate of drug-likeness (QED) is 0.887. The standard InChI is InChI=1S/C18H16N2O3/c1-3-11-4-6-12(7-5-11)16(21)19-13-8-9-14-15(10-13)18(23)20(2)17(14)22/h4-10H,3H2,1-2H3,(H,19,21). The molecule has 0 saturated heterocycles. The molecule has 0 spiro atoms. The fourth-order valence-corrected chi connectivity index (χ4v) is 2.53. The number of carbonyl (C=O) groups excluding carboxylic acids is 3. The molecule has 0 bridgehead atoms. The minimum atomic E-state index is -0.353. The third-order valence-electron chi connectivity index (χ3n) is 3.97. The summed E-state index contributed by atoms with van der Waals surface area (Å²) in [5.41, 5.74) is 2.87. The maximum atomic E-state index is 12.3. The van der Waals surface area contributed by atoms with Gasteiger partial charge in [0.15, 0.2) is 0 Å². The molecule has 0 fully saturated rings. The Labute approximate surface area is 133 Å². The van der Waals surface area contributed by atoms with Crippen LogP contribution in [0, 0.1) is 0 Å². The van der Waals surface area contributed by atoms with Crippen molar-refractivity contribution >= 4 is 23.4 Å². The second kappa shape index (κ2) is 5.68. The zero-order chi connectivity index (χ0) is 16.6. The molecule has 0 atom stereocenters. The van der Waals surface area contributed by atoms with E-state index < -0.39 is 0 Å². The highest BCUT2D eigenvalue weighted by molar-refractivity contribution is 6.21.